The smallest absolute Gasteiger partial charge is 0.434 e. The van der Waals surface area contributed by atoms with Crippen molar-refractivity contribution in [3.63, 3.8) is 0 Å². The van der Waals surface area contributed by atoms with E-state index in [1.165, 1.54) is 18.9 Å². The van der Waals surface area contributed by atoms with E-state index in [9.17, 15) is 71.9 Å². The molecule has 448 valence electrons. The van der Waals surface area contributed by atoms with Gasteiger partial charge >= 0.3 is 126 Å². The molecule has 0 rings (SSSR count). The van der Waals surface area contributed by atoms with Crippen LogP contribution in [0.2, 0.25) is 0 Å². The zero-order valence-corrected chi connectivity index (χ0v) is 35.5. The second-order valence-electron chi connectivity index (χ2n) is 13.7. The predicted octanol–water partition coefficient (Wildman–Crippen LogP) is 10.8. The number of alkyl halides is 32. The molecule has 0 aromatic heterocycles. The Morgan fingerprint density at radius 1 is 0.260 bits per heavy atom. The van der Waals surface area contributed by atoms with Crippen molar-refractivity contribution < 1.29 is 198 Å². The van der Waals surface area contributed by atoms with Crippen LogP contribution in [0.3, 0.4) is 0 Å². The van der Waals surface area contributed by atoms with E-state index in [-0.39, 0.29) is 0 Å². The van der Waals surface area contributed by atoms with Gasteiger partial charge in [0, 0.05) is 24.3 Å². The number of ether oxygens (including phenoxy) is 8. The van der Waals surface area contributed by atoms with E-state index in [4.69, 9.17) is 0 Å². The van der Waals surface area contributed by atoms with Crippen LogP contribution in [0.5, 0.6) is 0 Å². The normalized spacial score (nSPS) is 18.2. The average molecular weight is 1220 g/mol. The summed E-state index contributed by atoms with van der Waals surface area (Å²) in [6.07, 6.45) is -113. The molecule has 77 heavy (non-hydrogen) atoms. The first-order valence-corrected chi connectivity index (χ1v) is 17.7. The molecule has 0 spiro atoms. The van der Waals surface area contributed by atoms with Crippen molar-refractivity contribution in [1.82, 2.24) is 0 Å². The van der Waals surface area contributed by atoms with E-state index in [0.29, 0.717) is 0 Å². The van der Waals surface area contributed by atoms with Gasteiger partial charge in [0.1, 0.15) is 26.4 Å². The number of carbonyl (C=O) groups excluding carboxylic acids is 4. The fourth-order valence-corrected chi connectivity index (χ4v) is 4.53. The molecule has 44 heteroatoms. The molecule has 12 nitrogen and oxygen atoms in total. The molecule has 0 saturated heterocycles. The first kappa shape index (κ1) is 71.4. The fraction of sp³-hybridized carbons (Fsp3) is 0.636. The number of halogens is 32. The van der Waals surface area contributed by atoms with Gasteiger partial charge < -0.3 is 18.9 Å². The molecule has 0 aliphatic carbocycles. The van der Waals surface area contributed by atoms with E-state index in [1.54, 1.807) is 0 Å². The second-order valence-corrected chi connectivity index (χ2v) is 13.7. The lowest BCUT2D eigenvalue weighted by molar-refractivity contribution is -0.624. The summed E-state index contributed by atoms with van der Waals surface area (Å²) >= 11 is 0. The topological polar surface area (TPSA) is 142 Å². The van der Waals surface area contributed by atoms with E-state index < -0.39 is 176 Å². The van der Waals surface area contributed by atoms with Crippen molar-refractivity contribution in [3.05, 3.63) is 50.6 Å². The first-order valence-electron chi connectivity index (χ1n) is 17.7. The molecule has 0 saturated carbocycles. The third-order valence-electron chi connectivity index (χ3n) is 8.73. The number of carbonyl (C=O) groups is 4. The minimum Gasteiger partial charge on any atom is -0.458 e. The highest BCUT2D eigenvalue weighted by atomic mass is 19.4. The van der Waals surface area contributed by atoms with Crippen molar-refractivity contribution in [2.75, 3.05) is 26.4 Å². The zero-order valence-electron chi connectivity index (χ0n) is 35.5. The van der Waals surface area contributed by atoms with E-state index in [2.05, 4.69) is 45.3 Å². The molecular weight excluding hydrogens is 1200 g/mol. The minimum absolute atomic E-state index is 0.609. The highest BCUT2D eigenvalue weighted by Crippen LogP contribution is 2.71. The highest BCUT2D eigenvalue weighted by Gasteiger charge is 3.00. The van der Waals surface area contributed by atoms with Gasteiger partial charge in [0.25, 0.3) is 0 Å². The summed E-state index contributed by atoms with van der Waals surface area (Å²) in [7, 11) is 0. The molecule has 0 N–H and O–H groups in total. The molecule has 0 aromatic carbocycles. The molecule has 0 aromatic rings. The summed E-state index contributed by atoms with van der Waals surface area (Å²) in [4.78, 5) is 44.8. The molecule has 0 radical (unpaired) electrons. The Hall–Kier alpha value is -5.56. The van der Waals surface area contributed by atoms with Gasteiger partial charge in [0.05, 0.1) is 0 Å². The monoisotopic (exact) mass is 1220 g/mol. The SMILES string of the molecule is C=CC(=O)OCC(F)(C(F)(F)F)C(F)(F)OC(F)(F)C(C(F)(F)OC(F)(F)C(F)(COC(=O)C=C)C(F)(F)F)(C(F)(F)OC(F)(F)C(F)(COC(=O)C=C)C(F)(F)F)C(F)(F)OC(F)(F)C(F)(COC(=O)C=C)C(F)(F)F. The number of rotatable bonds is 28. The van der Waals surface area contributed by atoms with Crippen LogP contribution in [0.15, 0.2) is 50.6 Å². The third-order valence-corrected chi connectivity index (χ3v) is 8.73. The lowest BCUT2D eigenvalue weighted by Crippen LogP contribution is -2.79. The molecular formula is C33H20F32O12. The van der Waals surface area contributed by atoms with Gasteiger partial charge in [-0.25, -0.2) is 36.7 Å². The van der Waals surface area contributed by atoms with Crippen molar-refractivity contribution in [1.29, 1.82) is 0 Å². The van der Waals surface area contributed by atoms with Crippen molar-refractivity contribution in [3.8, 4) is 0 Å². The van der Waals surface area contributed by atoms with E-state index >= 15 is 87.8 Å². The highest BCUT2D eigenvalue weighted by molar-refractivity contribution is 5.82. The summed E-state index contributed by atoms with van der Waals surface area (Å²) in [5.41, 5.74) is -43.0. The standard InChI is InChI=1S/C33H20F32O12/c1-5-13(66)70-9-17(34,22(38,39)40)26(50,51)74-30(58,59)21(31(60,61)75-27(52,53)18(35,23(41,42)43)10-71-14(67)6-2,32(62,63)76-28(54,55)19(36,24(44,45)46)11-72-15(68)7-3)33(64,65)77-29(56,57)20(37,25(47,48)49)12-73-16(69)8-4/h5-8H,1-4,9-12H2. The van der Waals surface area contributed by atoms with Gasteiger partial charge in [-0.3, -0.25) is 18.9 Å². The maximum absolute atomic E-state index is 16.4. The van der Waals surface area contributed by atoms with E-state index in [0.717, 1.165) is 0 Å². The van der Waals surface area contributed by atoms with Crippen LogP contribution >= 0.6 is 0 Å². The largest absolute Gasteiger partial charge is 0.458 e. The van der Waals surface area contributed by atoms with E-state index in [1.807, 2.05) is 0 Å². The summed E-state index contributed by atoms with van der Waals surface area (Å²) in [6, 6.07) is 0. The Morgan fingerprint density at radius 3 is 0.494 bits per heavy atom. The van der Waals surface area contributed by atoms with Gasteiger partial charge in [-0.1, -0.05) is 26.3 Å². The quantitative estimate of drug-likeness (QED) is 0.0319. The Kier molecular flexibility index (Phi) is 20.4. The van der Waals surface area contributed by atoms with Crippen molar-refractivity contribution in [2.45, 2.75) is 96.2 Å². The van der Waals surface area contributed by atoms with Crippen LogP contribution in [0, 0.1) is 5.41 Å². The van der Waals surface area contributed by atoms with Gasteiger partial charge in [-0.15, -0.1) is 0 Å². The van der Waals surface area contributed by atoms with Gasteiger partial charge in [-0.05, 0) is 0 Å². The fourth-order valence-electron chi connectivity index (χ4n) is 4.53. The molecule has 0 heterocycles. The Bertz CT molecular complexity index is 1880. The summed E-state index contributed by atoms with van der Waals surface area (Å²) in [6.45, 7) is -8.36. The molecule has 0 bridgehead atoms. The van der Waals surface area contributed by atoms with Crippen molar-refractivity contribution in [2.24, 2.45) is 5.41 Å². The summed E-state index contributed by atoms with van der Waals surface area (Å²) in [5.74, 6) is -11.2. The average Bonchev–Trinajstić information content (AvgIpc) is 3.20. The van der Waals surface area contributed by atoms with Crippen LogP contribution in [0.4, 0.5) is 140 Å². The third kappa shape index (κ3) is 13.1. The predicted molar refractivity (Wildman–Crippen MR) is 171 cm³/mol. The number of hydrogen-bond acceptors (Lipinski definition) is 12. The minimum atomic E-state index is -10.9. The molecule has 4 unspecified atom stereocenters. The number of esters is 4. The van der Waals surface area contributed by atoms with Crippen LogP contribution in [0.25, 0.3) is 0 Å². The maximum Gasteiger partial charge on any atom is 0.434 e. The Morgan fingerprint density at radius 2 is 0.390 bits per heavy atom. The Balaban J connectivity index is 10.2. The zero-order chi connectivity index (χ0) is 62.1. The molecule has 4 atom stereocenters. The Labute approximate surface area is 401 Å². The van der Waals surface area contributed by atoms with Crippen LogP contribution in [0.1, 0.15) is 0 Å². The van der Waals surface area contributed by atoms with Crippen molar-refractivity contribution >= 4 is 23.9 Å². The number of hydrogen-bond donors (Lipinski definition) is 0. The van der Waals surface area contributed by atoms with Crippen LogP contribution in [-0.2, 0) is 57.1 Å². The van der Waals surface area contributed by atoms with Gasteiger partial charge in [0.15, 0.2) is 0 Å². The first-order chi connectivity index (χ1) is 33.6. The van der Waals surface area contributed by atoms with Gasteiger partial charge in [0.2, 0.25) is 0 Å². The lowest BCUT2D eigenvalue weighted by Gasteiger charge is -2.52. The maximum atomic E-state index is 16.4. The van der Waals surface area contributed by atoms with Crippen LogP contribution < -0.4 is 0 Å². The molecule has 0 aliphatic heterocycles. The second kappa shape index (κ2) is 21.9. The molecule has 0 fully saturated rings. The summed E-state index contributed by atoms with van der Waals surface area (Å²) in [5, 5.41) is 0. The lowest BCUT2D eigenvalue weighted by atomic mass is 9.80. The van der Waals surface area contributed by atoms with Gasteiger partial charge in [-0.2, -0.15) is 123 Å². The summed E-state index contributed by atoms with van der Waals surface area (Å²) < 4.78 is 497. The molecule has 0 amide bonds. The van der Waals surface area contributed by atoms with Crippen LogP contribution in [-0.4, -0.2) is 147 Å². The molecule has 0 aliphatic rings.